The minimum atomic E-state index is -0.864. The fourth-order valence-electron chi connectivity index (χ4n) is 2.21. The molecule has 0 spiro atoms. The predicted molar refractivity (Wildman–Crippen MR) is 111 cm³/mol. The average molecular weight is 387 g/mol. The van der Waals surface area contributed by atoms with E-state index in [2.05, 4.69) is 29.1 Å². The number of hydrogen-bond donors (Lipinski definition) is 3. The highest BCUT2D eigenvalue weighted by Crippen LogP contribution is 2.22. The molecule has 0 aromatic heterocycles. The maximum Gasteiger partial charge on any atom is 0.408 e. The summed E-state index contributed by atoms with van der Waals surface area (Å²) >= 11 is 0. The Labute approximate surface area is 166 Å². The third-order valence-electron chi connectivity index (χ3n) is 3.44. The van der Waals surface area contributed by atoms with E-state index in [-0.39, 0.29) is 12.3 Å². The van der Waals surface area contributed by atoms with Crippen molar-refractivity contribution < 1.29 is 19.1 Å². The maximum absolute atomic E-state index is 12.7. The van der Waals surface area contributed by atoms with Gasteiger partial charge in [0.2, 0.25) is 11.8 Å². The Hall–Kier alpha value is -3.09. The number of hydrogen-bond acceptors (Lipinski definition) is 4. The zero-order valence-electron chi connectivity index (χ0n) is 16.7. The highest BCUT2D eigenvalue weighted by atomic mass is 16.6. The van der Waals surface area contributed by atoms with Crippen molar-refractivity contribution in [1.29, 1.82) is 0 Å². The van der Waals surface area contributed by atoms with Gasteiger partial charge < -0.3 is 20.7 Å². The Bertz CT molecular complexity index is 723. The smallest absolute Gasteiger partial charge is 0.408 e. The summed E-state index contributed by atoms with van der Waals surface area (Å²) in [5.41, 5.74) is 0.223. The quantitative estimate of drug-likeness (QED) is 0.558. The third-order valence-corrected chi connectivity index (χ3v) is 3.44. The molecule has 0 fully saturated rings. The van der Waals surface area contributed by atoms with Gasteiger partial charge in [-0.2, -0.15) is 0 Å². The van der Waals surface area contributed by atoms with Crippen molar-refractivity contribution in [3.63, 3.8) is 0 Å². The number of carbonyl (C=O) groups is 3. The number of alkyl carbamates (subject to hydrolysis) is 1. The Balaban J connectivity index is 2.85. The molecule has 28 heavy (non-hydrogen) atoms. The normalized spacial score (nSPS) is 11.7. The molecule has 0 saturated carbocycles. The highest BCUT2D eigenvalue weighted by Gasteiger charge is 2.24. The summed E-state index contributed by atoms with van der Waals surface area (Å²) in [5.74, 6) is -0.630. The first-order chi connectivity index (χ1) is 13.2. The second kappa shape index (κ2) is 10.9. The first kappa shape index (κ1) is 23.0. The van der Waals surface area contributed by atoms with Crippen molar-refractivity contribution in [1.82, 2.24) is 5.32 Å². The van der Waals surface area contributed by atoms with Crippen molar-refractivity contribution in [2.24, 2.45) is 0 Å². The average Bonchev–Trinajstić information content (AvgIpc) is 2.59. The molecule has 0 bridgehead atoms. The number of amides is 3. The van der Waals surface area contributed by atoms with E-state index in [0.29, 0.717) is 24.2 Å². The van der Waals surface area contributed by atoms with Gasteiger partial charge in [-0.3, -0.25) is 9.59 Å². The van der Waals surface area contributed by atoms with Gasteiger partial charge in [0.15, 0.2) is 0 Å². The molecule has 3 amide bonds. The van der Waals surface area contributed by atoms with Crippen molar-refractivity contribution >= 4 is 29.3 Å². The van der Waals surface area contributed by atoms with Gasteiger partial charge in [-0.15, -0.1) is 13.2 Å². The summed E-state index contributed by atoms with van der Waals surface area (Å²) in [6.07, 6.45) is 3.58. The fraction of sp³-hybridized carbons (Fsp3) is 0.381. The van der Waals surface area contributed by atoms with Gasteiger partial charge in [0.1, 0.15) is 11.6 Å². The second-order valence-electron chi connectivity index (χ2n) is 7.13. The summed E-state index contributed by atoms with van der Waals surface area (Å²) < 4.78 is 5.20. The van der Waals surface area contributed by atoms with Crippen molar-refractivity contribution in [2.45, 2.75) is 51.7 Å². The molecule has 0 aliphatic carbocycles. The van der Waals surface area contributed by atoms with Crippen LogP contribution in [0.3, 0.4) is 0 Å². The first-order valence-electron chi connectivity index (χ1n) is 9.07. The standard InChI is InChI=1S/C21H29N3O4/c1-6-8-14-18(25)22-15-12-9-10-13-16(15)23-19(26)17(11-7-2)24-20(27)28-21(3,4)5/h6-7,9-10,12-13,17H,1-2,8,11,14H2,3-5H3,(H,22,25)(H,23,26)(H,24,27)/t17-/m0/s1. The van der Waals surface area contributed by atoms with E-state index in [1.807, 2.05) is 0 Å². The van der Waals surface area contributed by atoms with Crippen molar-refractivity contribution in [3.05, 3.63) is 49.6 Å². The molecule has 1 atom stereocenters. The number of ether oxygens (including phenoxy) is 1. The van der Waals surface area contributed by atoms with Crippen LogP contribution in [0.2, 0.25) is 0 Å². The van der Waals surface area contributed by atoms with Crippen molar-refractivity contribution in [3.8, 4) is 0 Å². The monoisotopic (exact) mass is 387 g/mol. The van der Waals surface area contributed by atoms with E-state index in [9.17, 15) is 14.4 Å². The third kappa shape index (κ3) is 8.53. The predicted octanol–water partition coefficient (Wildman–Crippen LogP) is 4.00. The summed E-state index contributed by atoms with van der Waals surface area (Å²) in [6, 6.07) is 5.97. The van der Waals surface area contributed by atoms with Gasteiger partial charge in [0.25, 0.3) is 0 Å². The number of anilines is 2. The van der Waals surface area contributed by atoms with E-state index >= 15 is 0 Å². The number of rotatable bonds is 9. The fourth-order valence-corrected chi connectivity index (χ4v) is 2.21. The molecule has 1 aromatic rings. The van der Waals surface area contributed by atoms with Crippen LogP contribution in [0.4, 0.5) is 16.2 Å². The van der Waals surface area contributed by atoms with Gasteiger partial charge in [0, 0.05) is 6.42 Å². The molecule has 0 aliphatic rings. The van der Waals surface area contributed by atoms with E-state index in [0.717, 1.165) is 0 Å². The molecule has 0 saturated heterocycles. The molecule has 1 aromatic carbocycles. The molecule has 0 radical (unpaired) electrons. The van der Waals surface area contributed by atoms with Crippen LogP contribution in [-0.2, 0) is 14.3 Å². The van der Waals surface area contributed by atoms with E-state index in [1.165, 1.54) is 6.08 Å². The minimum Gasteiger partial charge on any atom is -0.444 e. The molecule has 1 rings (SSSR count). The Kier molecular flexibility index (Phi) is 8.95. The maximum atomic E-state index is 12.7. The van der Waals surface area contributed by atoms with Crippen LogP contribution in [0.5, 0.6) is 0 Å². The number of nitrogens with one attached hydrogen (secondary N) is 3. The van der Waals surface area contributed by atoms with Crippen LogP contribution >= 0.6 is 0 Å². The van der Waals surface area contributed by atoms with Crippen LogP contribution in [0.1, 0.15) is 40.0 Å². The largest absolute Gasteiger partial charge is 0.444 e. The summed E-state index contributed by atoms with van der Waals surface area (Å²) in [4.78, 5) is 36.6. The van der Waals surface area contributed by atoms with Crippen LogP contribution < -0.4 is 16.0 Å². The number of para-hydroxylation sites is 2. The number of allylic oxidation sites excluding steroid dienone is 1. The first-order valence-corrected chi connectivity index (χ1v) is 9.07. The zero-order chi connectivity index (χ0) is 21.2. The Morgan fingerprint density at radius 1 is 1.07 bits per heavy atom. The lowest BCUT2D eigenvalue weighted by molar-refractivity contribution is -0.118. The van der Waals surface area contributed by atoms with E-state index in [4.69, 9.17) is 4.74 Å². The summed E-state index contributed by atoms with van der Waals surface area (Å²) in [5, 5.41) is 8.03. The minimum absolute atomic E-state index is 0.184. The van der Waals surface area contributed by atoms with Gasteiger partial charge in [-0.05, 0) is 45.7 Å². The van der Waals surface area contributed by atoms with E-state index < -0.39 is 23.6 Å². The van der Waals surface area contributed by atoms with Gasteiger partial charge in [0.05, 0.1) is 11.4 Å². The van der Waals surface area contributed by atoms with Crippen LogP contribution in [0.25, 0.3) is 0 Å². The van der Waals surface area contributed by atoms with Crippen LogP contribution in [-0.4, -0.2) is 29.6 Å². The lowest BCUT2D eigenvalue weighted by Crippen LogP contribution is -2.45. The Morgan fingerprint density at radius 2 is 1.68 bits per heavy atom. The molecule has 3 N–H and O–H groups in total. The van der Waals surface area contributed by atoms with Crippen molar-refractivity contribution in [2.75, 3.05) is 10.6 Å². The molecule has 152 valence electrons. The molecule has 7 nitrogen and oxygen atoms in total. The second-order valence-corrected chi connectivity index (χ2v) is 7.13. The lowest BCUT2D eigenvalue weighted by atomic mass is 10.1. The van der Waals surface area contributed by atoms with E-state index in [1.54, 1.807) is 51.1 Å². The lowest BCUT2D eigenvalue weighted by Gasteiger charge is -2.23. The molecule has 0 unspecified atom stereocenters. The molecule has 0 heterocycles. The molecule has 7 heteroatoms. The summed E-state index contributed by atoms with van der Waals surface area (Å²) in [7, 11) is 0. The molecule has 0 aliphatic heterocycles. The number of carbonyl (C=O) groups excluding carboxylic acids is 3. The van der Waals surface area contributed by atoms with Crippen LogP contribution in [0.15, 0.2) is 49.6 Å². The number of benzene rings is 1. The molecular weight excluding hydrogens is 358 g/mol. The van der Waals surface area contributed by atoms with Gasteiger partial charge >= 0.3 is 6.09 Å². The topological polar surface area (TPSA) is 96.5 Å². The SMILES string of the molecule is C=CCCC(=O)Nc1ccccc1NC(=O)[C@H](CC=C)NC(=O)OC(C)(C)C. The highest BCUT2D eigenvalue weighted by molar-refractivity contribution is 6.02. The van der Waals surface area contributed by atoms with Gasteiger partial charge in [-0.25, -0.2) is 4.79 Å². The Morgan fingerprint density at radius 3 is 2.21 bits per heavy atom. The van der Waals surface area contributed by atoms with Crippen LogP contribution in [0, 0.1) is 0 Å². The van der Waals surface area contributed by atoms with Gasteiger partial charge in [-0.1, -0.05) is 24.3 Å². The zero-order valence-corrected chi connectivity index (χ0v) is 16.7. The summed E-state index contributed by atoms with van der Waals surface area (Å²) in [6.45, 7) is 12.4. The molecular formula is C21H29N3O4.